The van der Waals surface area contributed by atoms with E-state index in [4.69, 9.17) is 80.1 Å². The number of alkyl halides is 4. The SMILES string of the molecule is Brc1ccccc1.C1CCOC1.C=C(C)c1ccccc1.CC(C)(SC(=S)c1ccccc1)c1ccccc1.Cc1ccc(S(=O)(=O)O)cc1.Cl.ClC(Cl)(Cl)Cl.O.S=C(S)c1ccccc1. The molecule has 5 nitrogen and oxygen atoms in total. The van der Waals surface area contributed by atoms with E-state index in [1.165, 1.54) is 36.1 Å². The van der Waals surface area contributed by atoms with Crippen LogP contribution in [0.15, 0.2) is 192 Å². The van der Waals surface area contributed by atoms with Crippen molar-refractivity contribution in [3.8, 4) is 0 Å². The fraction of sp³-hybridized carbons (Fsp3) is 0.200. The summed E-state index contributed by atoms with van der Waals surface area (Å²) in [5, 5.41) is 0. The molecule has 7 rings (SSSR count). The lowest BCUT2D eigenvalue weighted by atomic mass is 10.0. The molecule has 0 bridgehead atoms. The predicted octanol–water partition coefficient (Wildman–Crippen LogP) is 16.7. The molecule has 0 spiro atoms. The van der Waals surface area contributed by atoms with Gasteiger partial charge in [-0.1, -0.05) is 256 Å². The van der Waals surface area contributed by atoms with Gasteiger partial charge < -0.3 is 10.2 Å². The number of hydrogen-bond acceptors (Lipinski definition) is 6. The van der Waals surface area contributed by atoms with Crippen molar-refractivity contribution in [3.63, 3.8) is 0 Å². The number of thiol groups is 1. The van der Waals surface area contributed by atoms with Crippen molar-refractivity contribution in [1.82, 2.24) is 0 Å². The van der Waals surface area contributed by atoms with Crippen LogP contribution in [-0.2, 0) is 19.6 Å². The van der Waals surface area contributed by atoms with Crippen molar-refractivity contribution in [2.24, 2.45) is 0 Å². The van der Waals surface area contributed by atoms with Crippen molar-refractivity contribution < 1.29 is 23.2 Å². The molecule has 1 saturated heterocycles. The fourth-order valence-corrected chi connectivity index (χ4v) is 7.50. The summed E-state index contributed by atoms with van der Waals surface area (Å²) in [6, 6.07) is 56.5. The summed E-state index contributed by atoms with van der Waals surface area (Å²) in [5.74, 6) is 0. The van der Waals surface area contributed by atoms with Gasteiger partial charge in [0.15, 0.2) is 0 Å². The Balaban J connectivity index is 0. The topological polar surface area (TPSA) is 95.1 Å². The van der Waals surface area contributed by atoms with E-state index in [0.717, 1.165) is 44.1 Å². The maximum Gasteiger partial charge on any atom is 0.294 e. The zero-order chi connectivity index (χ0) is 48.0. The molecule has 0 saturated carbocycles. The third kappa shape index (κ3) is 34.1. The average Bonchev–Trinajstić information content (AvgIpc) is 3.86. The zero-order valence-corrected chi connectivity index (χ0v) is 46.4. The number of aryl methyl sites for hydroxylation is 1. The minimum atomic E-state index is -4.02. The van der Waals surface area contributed by atoms with E-state index in [9.17, 15) is 8.42 Å². The first-order valence-electron chi connectivity index (χ1n) is 19.5. The van der Waals surface area contributed by atoms with Gasteiger partial charge >= 0.3 is 0 Å². The Bertz CT molecular complexity index is 2240. The molecule has 0 aliphatic carbocycles. The lowest BCUT2D eigenvalue weighted by Gasteiger charge is -2.25. The number of hydrogen-bond donors (Lipinski definition) is 2. The Morgan fingerprint density at radius 3 is 1.30 bits per heavy atom. The van der Waals surface area contributed by atoms with Crippen LogP contribution in [0.5, 0.6) is 0 Å². The number of allylic oxidation sites excluding steroid dienone is 1. The van der Waals surface area contributed by atoms with Crippen LogP contribution >= 0.6 is 124 Å². The zero-order valence-electron chi connectivity index (χ0n) is 36.8. The van der Waals surface area contributed by atoms with Crippen molar-refractivity contribution in [2.75, 3.05) is 13.2 Å². The minimum Gasteiger partial charge on any atom is -0.412 e. The number of benzene rings is 6. The Morgan fingerprint density at radius 2 is 1.03 bits per heavy atom. The quantitative estimate of drug-likeness (QED) is 0.0742. The highest BCUT2D eigenvalue weighted by molar-refractivity contribution is 9.10. The maximum absolute atomic E-state index is 10.5. The third-order valence-electron chi connectivity index (χ3n) is 7.99. The minimum absolute atomic E-state index is 0. The van der Waals surface area contributed by atoms with E-state index in [0.29, 0.717) is 4.20 Å². The molecule has 0 amide bonds. The van der Waals surface area contributed by atoms with Crippen molar-refractivity contribution >= 4 is 148 Å². The smallest absolute Gasteiger partial charge is 0.294 e. The molecule has 1 aliphatic rings. The van der Waals surface area contributed by atoms with Gasteiger partial charge in [-0.2, -0.15) is 8.42 Å². The summed E-state index contributed by atoms with van der Waals surface area (Å²) < 4.78 is 35.6. The van der Waals surface area contributed by atoms with Crippen LogP contribution in [0.1, 0.15) is 61.4 Å². The van der Waals surface area contributed by atoms with Gasteiger partial charge in [-0.15, -0.1) is 36.8 Å². The number of rotatable bonds is 6. The number of halogens is 6. The summed E-state index contributed by atoms with van der Waals surface area (Å²) in [5.41, 5.74) is 6.73. The first-order valence-corrected chi connectivity index (χ1v) is 25.3. The van der Waals surface area contributed by atoms with Crippen molar-refractivity contribution in [3.05, 3.63) is 215 Å². The Morgan fingerprint density at radius 1 is 0.682 bits per heavy atom. The monoisotopic (exact) mass is 1150 g/mol. The van der Waals surface area contributed by atoms with Gasteiger partial charge in [-0.05, 0) is 87.1 Å². The van der Waals surface area contributed by atoms with E-state index in [2.05, 4.69) is 97.5 Å². The summed E-state index contributed by atoms with van der Waals surface area (Å²) in [7, 11) is -4.02. The van der Waals surface area contributed by atoms with Crippen LogP contribution in [0, 0.1) is 6.92 Å². The van der Waals surface area contributed by atoms with Gasteiger partial charge in [0.25, 0.3) is 13.4 Å². The molecule has 16 heteroatoms. The molecule has 1 heterocycles. The first-order chi connectivity index (χ1) is 30.1. The number of thioether (sulfide) groups is 1. The number of thiocarbonyl (C=S) groups is 2. The van der Waals surface area contributed by atoms with Crippen LogP contribution < -0.4 is 0 Å². The average molecular weight is 1150 g/mol. The third-order valence-corrected chi connectivity index (χ3v) is 11.5. The molecule has 1 aliphatic heterocycles. The molecule has 1 fully saturated rings. The summed E-state index contributed by atoms with van der Waals surface area (Å²) in [4.78, 5) is -0.0666. The van der Waals surface area contributed by atoms with Crippen LogP contribution in [0.25, 0.3) is 5.57 Å². The molecule has 66 heavy (non-hydrogen) atoms. The molecular formula is C50H56BrCl5O5S5. The second-order valence-corrected chi connectivity index (χ2v) is 23.0. The highest BCUT2D eigenvalue weighted by Crippen LogP contribution is 2.38. The van der Waals surface area contributed by atoms with Gasteiger partial charge in [0.1, 0.15) is 0 Å². The Kier molecular flexibility index (Phi) is 36.5. The van der Waals surface area contributed by atoms with Crippen LogP contribution in [-0.4, -0.2) is 43.3 Å². The molecule has 0 unspecified atom stereocenters. The molecule has 0 radical (unpaired) electrons. The first kappa shape index (κ1) is 65.8. The molecule has 6 aromatic carbocycles. The highest BCUT2D eigenvalue weighted by Gasteiger charge is 2.23. The molecule has 358 valence electrons. The van der Waals surface area contributed by atoms with Gasteiger partial charge in [0, 0.05) is 22.4 Å². The number of ether oxygens (including phenoxy) is 1. The Labute approximate surface area is 448 Å². The largest absolute Gasteiger partial charge is 0.412 e. The molecule has 0 aromatic heterocycles. The van der Waals surface area contributed by atoms with Gasteiger partial charge in [-0.25, -0.2) is 0 Å². The lowest BCUT2D eigenvalue weighted by Crippen LogP contribution is -2.14. The van der Waals surface area contributed by atoms with Crippen LogP contribution in [0.3, 0.4) is 0 Å². The Hall–Kier alpha value is -2.30. The molecule has 3 N–H and O–H groups in total. The molecule has 0 atom stereocenters. The van der Waals surface area contributed by atoms with E-state index >= 15 is 0 Å². The predicted molar refractivity (Wildman–Crippen MR) is 306 cm³/mol. The van der Waals surface area contributed by atoms with Gasteiger partial charge in [0.2, 0.25) is 0 Å². The molecular weight excluding hydrogens is 1100 g/mol. The fourth-order valence-electron chi connectivity index (χ4n) is 4.70. The van der Waals surface area contributed by atoms with E-state index in [1.807, 2.05) is 117 Å². The van der Waals surface area contributed by atoms with E-state index in [1.54, 1.807) is 23.9 Å². The highest BCUT2D eigenvalue weighted by atomic mass is 79.9. The molecule has 6 aromatic rings. The second-order valence-electron chi connectivity index (χ2n) is 13.8. The van der Waals surface area contributed by atoms with Crippen molar-refractivity contribution in [1.29, 1.82) is 0 Å². The second kappa shape index (κ2) is 36.7. The summed E-state index contributed by atoms with van der Waals surface area (Å²) >= 11 is 38.7. The summed E-state index contributed by atoms with van der Waals surface area (Å²) in [6.45, 7) is 14.1. The van der Waals surface area contributed by atoms with E-state index < -0.39 is 13.4 Å². The van der Waals surface area contributed by atoms with Crippen LogP contribution in [0.4, 0.5) is 0 Å². The van der Waals surface area contributed by atoms with E-state index in [-0.39, 0.29) is 27.5 Å². The van der Waals surface area contributed by atoms with Crippen LogP contribution in [0.2, 0.25) is 0 Å². The van der Waals surface area contributed by atoms with Crippen molar-refractivity contribution in [2.45, 2.75) is 53.4 Å². The normalized spacial score (nSPS) is 11.1. The summed E-state index contributed by atoms with van der Waals surface area (Å²) in [6.07, 6.45) is 2.56. The lowest BCUT2D eigenvalue weighted by molar-refractivity contribution is 0.198. The standard InChI is InChI=1S/C16H16S2.C9H10.C7H8O3S.C7H6S2.C6H5Br.C4H8O.CCl4.ClH.H2O/c1-16(2,14-11-7-4-8-12-14)18-15(17)13-9-5-3-6-10-13;1-8(2)9-6-4-3-5-7-9;1-6-2-4-7(5-3-6)11(8,9)10;8-7(9)6-4-2-1-3-5-6;7-6-4-2-1-3-5-6;1-2-4-5-3-1;2-1(3,4)5;;/h3-12H,1-2H3;3-7H,1H2,2H3;2-5H,1H3,(H,8,9,10);1-5H,(H,8,9);1-5H;1-4H2;;1H;1H2. The van der Waals surface area contributed by atoms with Gasteiger partial charge in [-0.3, -0.25) is 4.55 Å². The van der Waals surface area contributed by atoms with Gasteiger partial charge in [0.05, 0.1) is 13.3 Å². The maximum atomic E-state index is 10.5.